The van der Waals surface area contributed by atoms with Gasteiger partial charge in [-0.05, 0) is 45.2 Å². The molecule has 0 saturated heterocycles. The van der Waals surface area contributed by atoms with Crippen molar-refractivity contribution in [1.82, 2.24) is 15.5 Å². The van der Waals surface area contributed by atoms with Crippen LogP contribution in [-0.4, -0.2) is 48.0 Å². The van der Waals surface area contributed by atoms with Crippen LogP contribution < -0.4 is 10.6 Å². The molecule has 0 unspecified atom stereocenters. The van der Waals surface area contributed by atoms with Gasteiger partial charge in [0.25, 0.3) is 0 Å². The molecule has 1 rings (SSSR count). The molecule has 4 nitrogen and oxygen atoms in total. The van der Waals surface area contributed by atoms with E-state index in [1.807, 2.05) is 44.4 Å². The van der Waals surface area contributed by atoms with Crippen molar-refractivity contribution in [1.29, 1.82) is 0 Å². The Morgan fingerprint density at radius 3 is 2.48 bits per heavy atom. The van der Waals surface area contributed by atoms with Crippen LogP contribution in [0.2, 0.25) is 0 Å². The van der Waals surface area contributed by atoms with Crippen molar-refractivity contribution < 1.29 is 4.79 Å². The highest BCUT2D eigenvalue weighted by atomic mass is 35.6. The van der Waals surface area contributed by atoms with E-state index >= 15 is 0 Å². The van der Waals surface area contributed by atoms with E-state index in [4.69, 9.17) is 34.8 Å². The number of alkyl halides is 3. The smallest absolute Gasteiger partial charge is 0.245 e. The summed E-state index contributed by atoms with van der Waals surface area (Å²) in [5, 5.41) is 5.72. The summed E-state index contributed by atoms with van der Waals surface area (Å²) in [4.78, 5) is 14.1. The highest BCUT2D eigenvalue weighted by Gasteiger charge is 2.33. The first-order valence-corrected chi connectivity index (χ1v) is 8.41. The van der Waals surface area contributed by atoms with Crippen molar-refractivity contribution >= 4 is 46.8 Å². The fourth-order valence-electron chi connectivity index (χ4n) is 1.82. The maximum absolute atomic E-state index is 12.0. The van der Waals surface area contributed by atoms with Gasteiger partial charge in [-0.1, -0.05) is 65.1 Å². The van der Waals surface area contributed by atoms with E-state index in [-0.39, 0.29) is 5.91 Å². The molecule has 0 fully saturated rings. The first-order valence-electron chi connectivity index (χ1n) is 7.27. The number of carbonyl (C=O) groups excluding carboxylic acids is 1. The van der Waals surface area contributed by atoms with Gasteiger partial charge in [-0.2, -0.15) is 0 Å². The minimum absolute atomic E-state index is 0.328. The van der Waals surface area contributed by atoms with Gasteiger partial charge in [-0.15, -0.1) is 0 Å². The van der Waals surface area contributed by atoms with Crippen LogP contribution >= 0.6 is 34.8 Å². The maximum atomic E-state index is 12.0. The van der Waals surface area contributed by atoms with E-state index in [0.717, 1.165) is 18.5 Å². The lowest BCUT2D eigenvalue weighted by atomic mass is 10.2. The average Bonchev–Trinajstić information content (AvgIpc) is 2.48. The minimum Gasteiger partial charge on any atom is -0.333 e. The SMILES string of the molecule is CN(C)CCCN[C@@H](NC(=O)/C=C/c1ccccc1)C(Cl)(Cl)Cl. The van der Waals surface area contributed by atoms with Crippen molar-refractivity contribution in [2.75, 3.05) is 27.2 Å². The molecule has 1 aromatic rings. The Kier molecular flexibility index (Phi) is 8.95. The van der Waals surface area contributed by atoms with Crippen molar-refractivity contribution in [2.45, 2.75) is 16.4 Å². The van der Waals surface area contributed by atoms with Gasteiger partial charge in [0.2, 0.25) is 9.70 Å². The van der Waals surface area contributed by atoms with Gasteiger partial charge in [0, 0.05) is 6.08 Å². The molecule has 128 valence electrons. The topological polar surface area (TPSA) is 44.4 Å². The minimum atomic E-state index is -1.63. The number of benzene rings is 1. The molecule has 1 atom stereocenters. The van der Waals surface area contributed by atoms with E-state index in [2.05, 4.69) is 15.5 Å². The molecule has 1 aromatic carbocycles. The Labute approximate surface area is 152 Å². The lowest BCUT2D eigenvalue weighted by molar-refractivity contribution is -0.117. The van der Waals surface area contributed by atoms with Crippen LogP contribution in [0.4, 0.5) is 0 Å². The molecule has 2 N–H and O–H groups in total. The molecule has 0 heterocycles. The zero-order valence-electron chi connectivity index (χ0n) is 13.2. The Bertz CT molecular complexity index is 501. The molecule has 0 aliphatic heterocycles. The van der Waals surface area contributed by atoms with Gasteiger partial charge in [-0.3, -0.25) is 10.1 Å². The highest BCUT2D eigenvalue weighted by molar-refractivity contribution is 6.68. The van der Waals surface area contributed by atoms with Gasteiger partial charge in [0.15, 0.2) is 0 Å². The number of nitrogens with zero attached hydrogens (tertiary/aromatic N) is 1. The van der Waals surface area contributed by atoms with Crippen molar-refractivity contribution in [3.05, 3.63) is 42.0 Å². The fraction of sp³-hybridized carbons (Fsp3) is 0.438. The van der Waals surface area contributed by atoms with Gasteiger partial charge in [-0.25, -0.2) is 0 Å². The summed E-state index contributed by atoms with van der Waals surface area (Å²) in [6.07, 6.45) is 3.24. The van der Waals surface area contributed by atoms with E-state index in [9.17, 15) is 4.79 Å². The molecule has 1 amide bonds. The number of hydrogen-bond donors (Lipinski definition) is 2. The number of carbonyl (C=O) groups is 1. The average molecular weight is 379 g/mol. The first-order chi connectivity index (χ1) is 10.8. The van der Waals surface area contributed by atoms with Crippen LogP contribution in [0, 0.1) is 0 Å². The van der Waals surface area contributed by atoms with E-state index in [1.54, 1.807) is 6.08 Å². The molecule has 7 heteroatoms. The molecule has 23 heavy (non-hydrogen) atoms. The summed E-state index contributed by atoms with van der Waals surface area (Å²) in [5.74, 6) is -0.328. The third-order valence-electron chi connectivity index (χ3n) is 2.97. The number of halogens is 3. The van der Waals surface area contributed by atoms with E-state index in [1.165, 1.54) is 6.08 Å². The summed E-state index contributed by atoms with van der Waals surface area (Å²) in [7, 11) is 3.98. The lowest BCUT2D eigenvalue weighted by Crippen LogP contribution is -2.53. The van der Waals surface area contributed by atoms with Gasteiger partial charge in [0.1, 0.15) is 6.17 Å². The fourth-order valence-corrected chi connectivity index (χ4v) is 2.21. The van der Waals surface area contributed by atoms with Crippen molar-refractivity contribution in [3.63, 3.8) is 0 Å². The molecule has 0 bridgehead atoms. The van der Waals surface area contributed by atoms with Crippen LogP contribution in [0.3, 0.4) is 0 Å². The summed E-state index contributed by atoms with van der Waals surface area (Å²) in [5.41, 5.74) is 0.923. The molecule has 0 saturated carbocycles. The third-order valence-corrected chi connectivity index (χ3v) is 3.63. The predicted molar refractivity (Wildman–Crippen MR) is 98.9 cm³/mol. The number of amides is 1. The Balaban J connectivity index is 2.52. The predicted octanol–water partition coefficient (Wildman–Crippen LogP) is 3.05. The maximum Gasteiger partial charge on any atom is 0.245 e. The van der Waals surface area contributed by atoms with Crippen molar-refractivity contribution in [3.8, 4) is 0 Å². The molecule has 0 radical (unpaired) electrons. The van der Waals surface area contributed by atoms with Crippen LogP contribution in [-0.2, 0) is 4.79 Å². The van der Waals surface area contributed by atoms with Gasteiger partial charge in [0.05, 0.1) is 0 Å². The van der Waals surface area contributed by atoms with E-state index < -0.39 is 9.96 Å². The molecule has 0 aliphatic rings. The molecule has 0 spiro atoms. The van der Waals surface area contributed by atoms with Gasteiger partial charge >= 0.3 is 0 Å². The van der Waals surface area contributed by atoms with Crippen LogP contribution in [0.15, 0.2) is 36.4 Å². The van der Waals surface area contributed by atoms with Crippen LogP contribution in [0.1, 0.15) is 12.0 Å². The second-order valence-electron chi connectivity index (χ2n) is 5.34. The standard InChI is InChI=1S/C16H22Cl3N3O/c1-22(2)12-6-11-20-15(16(17,18)19)21-14(23)10-9-13-7-4-3-5-8-13/h3-5,7-10,15,20H,6,11-12H2,1-2H3,(H,21,23)/b10-9+/t15-/m0/s1. The summed E-state index contributed by atoms with van der Waals surface area (Å²) in [6, 6.07) is 9.50. The largest absolute Gasteiger partial charge is 0.333 e. The molecule has 0 aliphatic carbocycles. The monoisotopic (exact) mass is 377 g/mol. The summed E-state index contributed by atoms with van der Waals surface area (Å²) in [6.45, 7) is 1.53. The molecular formula is C16H22Cl3N3O. The second kappa shape index (κ2) is 10.2. The number of hydrogen-bond acceptors (Lipinski definition) is 3. The van der Waals surface area contributed by atoms with Crippen LogP contribution in [0.5, 0.6) is 0 Å². The van der Waals surface area contributed by atoms with Crippen LogP contribution in [0.25, 0.3) is 6.08 Å². The summed E-state index contributed by atoms with van der Waals surface area (Å²) >= 11 is 17.8. The third kappa shape index (κ3) is 9.18. The van der Waals surface area contributed by atoms with Gasteiger partial charge < -0.3 is 10.2 Å². The Hall–Kier alpha value is -0.780. The van der Waals surface area contributed by atoms with E-state index in [0.29, 0.717) is 6.54 Å². The first kappa shape index (κ1) is 20.3. The van der Waals surface area contributed by atoms with Crippen molar-refractivity contribution in [2.24, 2.45) is 0 Å². The Morgan fingerprint density at radius 2 is 1.91 bits per heavy atom. The highest BCUT2D eigenvalue weighted by Crippen LogP contribution is 2.29. The quantitative estimate of drug-likeness (QED) is 0.316. The number of rotatable bonds is 8. The number of nitrogens with one attached hydrogen (secondary N) is 2. The normalized spacial score (nSPS) is 13.5. The second-order valence-corrected chi connectivity index (χ2v) is 7.71. The lowest BCUT2D eigenvalue weighted by Gasteiger charge is -2.26. The zero-order chi connectivity index (χ0) is 17.3. The Morgan fingerprint density at radius 1 is 1.26 bits per heavy atom. The molecule has 0 aromatic heterocycles. The zero-order valence-corrected chi connectivity index (χ0v) is 15.5. The summed E-state index contributed by atoms with van der Waals surface area (Å²) < 4.78 is -1.63. The molecular weight excluding hydrogens is 357 g/mol.